The number of halogens is 3. The number of aromatic nitrogens is 6. The lowest BCUT2D eigenvalue weighted by Crippen LogP contribution is -2.01. The number of hydrogen-bond donors (Lipinski definition) is 1. The Morgan fingerprint density at radius 2 is 1.82 bits per heavy atom. The highest BCUT2D eigenvalue weighted by atomic mass is 35.5. The Hall–Kier alpha value is -2.39. The highest BCUT2D eigenvalue weighted by Crippen LogP contribution is 2.34. The summed E-state index contributed by atoms with van der Waals surface area (Å²) in [7, 11) is 0. The van der Waals surface area contributed by atoms with Gasteiger partial charge in [0.15, 0.2) is 5.82 Å². The van der Waals surface area contributed by atoms with Crippen molar-refractivity contribution >= 4 is 52.5 Å². The largest absolute Gasteiger partial charge is 0.368 e. The molecule has 0 amide bonds. The summed E-state index contributed by atoms with van der Waals surface area (Å²) in [5.74, 6) is 0.658. The fourth-order valence-electron chi connectivity index (χ4n) is 2.43. The van der Waals surface area contributed by atoms with Crippen molar-refractivity contribution < 1.29 is 0 Å². The van der Waals surface area contributed by atoms with Crippen LogP contribution >= 0.6 is 46.6 Å². The van der Waals surface area contributed by atoms with Crippen LogP contribution in [0, 0.1) is 0 Å². The molecule has 0 atom stereocenters. The summed E-state index contributed by atoms with van der Waals surface area (Å²) in [6, 6.07) is 10.6. The number of rotatable bonds is 4. The maximum Gasteiger partial charge on any atom is 0.222 e. The van der Waals surface area contributed by atoms with E-state index in [1.54, 1.807) is 30.6 Å². The van der Waals surface area contributed by atoms with Gasteiger partial charge in [0.25, 0.3) is 0 Å². The average Bonchev–Trinajstić information content (AvgIpc) is 3.07. The quantitative estimate of drug-likeness (QED) is 0.446. The second kappa shape index (κ2) is 7.92. The van der Waals surface area contributed by atoms with Gasteiger partial charge in [-0.3, -0.25) is 9.55 Å². The topological polar surface area (TPSA) is 95.4 Å². The molecular weight excluding hydrogens is 441 g/mol. The molecule has 1 aromatic carbocycles. The zero-order chi connectivity index (χ0) is 19.7. The fraction of sp³-hybridized carbons (Fsp3) is 0. The second-order valence-corrected chi connectivity index (χ2v) is 7.66. The van der Waals surface area contributed by atoms with E-state index in [1.165, 1.54) is 11.8 Å². The lowest BCUT2D eigenvalue weighted by molar-refractivity contribution is 0.882. The zero-order valence-electron chi connectivity index (χ0n) is 13.9. The molecular formula is C17H10Cl3N7S. The van der Waals surface area contributed by atoms with Gasteiger partial charge in [-0.15, -0.1) is 10.2 Å². The molecule has 4 rings (SSSR count). The molecule has 140 valence electrons. The summed E-state index contributed by atoms with van der Waals surface area (Å²) in [6.45, 7) is 0. The molecule has 0 saturated carbocycles. The summed E-state index contributed by atoms with van der Waals surface area (Å²) >= 11 is 19.5. The highest BCUT2D eigenvalue weighted by molar-refractivity contribution is 7.99. The zero-order valence-corrected chi connectivity index (χ0v) is 17.0. The first-order chi connectivity index (χ1) is 13.5. The summed E-state index contributed by atoms with van der Waals surface area (Å²) in [5.41, 5.74) is 7.21. The van der Waals surface area contributed by atoms with E-state index in [1.807, 2.05) is 22.8 Å². The third kappa shape index (κ3) is 3.90. The van der Waals surface area contributed by atoms with Gasteiger partial charge in [0.2, 0.25) is 11.1 Å². The van der Waals surface area contributed by atoms with Gasteiger partial charge in [-0.1, -0.05) is 34.8 Å². The molecule has 0 spiro atoms. The van der Waals surface area contributed by atoms with Crippen molar-refractivity contribution in [2.75, 3.05) is 5.73 Å². The summed E-state index contributed by atoms with van der Waals surface area (Å²) < 4.78 is 1.83. The number of anilines is 1. The number of nitrogen functional groups attached to an aromatic ring is 1. The van der Waals surface area contributed by atoms with Gasteiger partial charge in [-0.2, -0.15) is 0 Å². The van der Waals surface area contributed by atoms with E-state index in [4.69, 9.17) is 40.5 Å². The molecule has 0 saturated heterocycles. The molecule has 0 unspecified atom stereocenters. The fourth-order valence-corrected chi connectivity index (χ4v) is 3.84. The predicted molar refractivity (Wildman–Crippen MR) is 110 cm³/mol. The molecule has 0 aliphatic carbocycles. The van der Waals surface area contributed by atoms with Crippen molar-refractivity contribution in [1.82, 2.24) is 29.7 Å². The number of nitrogens with zero attached hydrogens (tertiary/aromatic N) is 6. The minimum absolute atomic E-state index is 0.0723. The molecule has 7 nitrogen and oxygen atoms in total. The first-order valence-corrected chi connectivity index (χ1v) is 9.75. The van der Waals surface area contributed by atoms with Crippen LogP contribution in [0.3, 0.4) is 0 Å². The van der Waals surface area contributed by atoms with Crippen molar-refractivity contribution in [2.45, 2.75) is 10.2 Å². The van der Waals surface area contributed by atoms with Crippen LogP contribution in [-0.4, -0.2) is 29.7 Å². The minimum Gasteiger partial charge on any atom is -0.368 e. The summed E-state index contributed by atoms with van der Waals surface area (Å²) in [5, 5.41) is 10.8. The molecule has 28 heavy (non-hydrogen) atoms. The maximum absolute atomic E-state index is 6.22. The van der Waals surface area contributed by atoms with Crippen LogP contribution in [0.15, 0.2) is 59.0 Å². The smallest absolute Gasteiger partial charge is 0.222 e. The van der Waals surface area contributed by atoms with Crippen molar-refractivity contribution in [3.8, 4) is 17.1 Å². The van der Waals surface area contributed by atoms with E-state index in [0.717, 1.165) is 11.3 Å². The molecule has 3 aromatic heterocycles. The molecule has 4 aromatic rings. The third-order valence-corrected chi connectivity index (χ3v) is 5.40. The van der Waals surface area contributed by atoms with Gasteiger partial charge in [0.05, 0.1) is 15.7 Å². The van der Waals surface area contributed by atoms with Crippen LogP contribution in [-0.2, 0) is 0 Å². The molecule has 0 aliphatic rings. The Labute approximate surface area is 178 Å². The van der Waals surface area contributed by atoms with Crippen LogP contribution in [0.5, 0.6) is 0 Å². The van der Waals surface area contributed by atoms with Crippen LogP contribution in [0.1, 0.15) is 0 Å². The van der Waals surface area contributed by atoms with Gasteiger partial charge >= 0.3 is 0 Å². The van der Waals surface area contributed by atoms with Crippen LogP contribution in [0.4, 0.5) is 5.95 Å². The van der Waals surface area contributed by atoms with E-state index in [0.29, 0.717) is 26.1 Å². The second-order valence-electron chi connectivity index (χ2n) is 5.47. The first-order valence-electron chi connectivity index (χ1n) is 7.80. The van der Waals surface area contributed by atoms with Gasteiger partial charge in [-0.25, -0.2) is 9.97 Å². The van der Waals surface area contributed by atoms with E-state index < -0.39 is 0 Å². The summed E-state index contributed by atoms with van der Waals surface area (Å²) in [6.07, 6.45) is 3.39. The minimum atomic E-state index is 0.0723. The van der Waals surface area contributed by atoms with Crippen molar-refractivity contribution in [1.29, 1.82) is 0 Å². The highest BCUT2D eigenvalue weighted by Gasteiger charge is 2.18. The Balaban J connectivity index is 1.86. The molecule has 0 aliphatic heterocycles. The molecule has 2 N–H and O–H groups in total. The maximum atomic E-state index is 6.22. The number of nitrogens with two attached hydrogens (primary N) is 1. The van der Waals surface area contributed by atoms with Crippen LogP contribution in [0.2, 0.25) is 15.2 Å². The Morgan fingerprint density at radius 1 is 0.964 bits per heavy atom. The monoisotopic (exact) mass is 449 g/mol. The lowest BCUT2D eigenvalue weighted by Gasteiger charge is -2.11. The Kier molecular flexibility index (Phi) is 5.36. The van der Waals surface area contributed by atoms with Crippen molar-refractivity contribution in [3.05, 3.63) is 64.0 Å². The molecule has 0 radical (unpaired) electrons. The van der Waals surface area contributed by atoms with E-state index in [9.17, 15) is 0 Å². The molecule has 3 heterocycles. The van der Waals surface area contributed by atoms with Crippen LogP contribution in [0.25, 0.3) is 17.1 Å². The number of benzene rings is 1. The molecule has 0 bridgehead atoms. The number of hydrogen-bond acceptors (Lipinski definition) is 7. The van der Waals surface area contributed by atoms with E-state index in [2.05, 4.69) is 25.1 Å². The standard InChI is InChI=1S/C17H10Cl3N7S/c18-11-4-3-10(6-12(11)19)27-15(9-2-1-5-22-8-9)25-26-17(27)28-14-7-13(20)23-16(21)24-14/h1-8H,(H2,21,23,24). The average molecular weight is 451 g/mol. The van der Waals surface area contributed by atoms with Crippen molar-refractivity contribution in [3.63, 3.8) is 0 Å². The van der Waals surface area contributed by atoms with Crippen molar-refractivity contribution in [2.24, 2.45) is 0 Å². The van der Waals surface area contributed by atoms with E-state index >= 15 is 0 Å². The van der Waals surface area contributed by atoms with Gasteiger partial charge in [0.1, 0.15) is 10.2 Å². The SMILES string of the molecule is Nc1nc(Cl)cc(Sc2nnc(-c3cccnc3)n2-c2ccc(Cl)c(Cl)c2)n1. The van der Waals surface area contributed by atoms with Gasteiger partial charge < -0.3 is 5.73 Å². The first kappa shape index (κ1) is 18.9. The molecule has 11 heteroatoms. The third-order valence-electron chi connectivity index (χ3n) is 3.60. The summed E-state index contributed by atoms with van der Waals surface area (Å²) in [4.78, 5) is 12.2. The van der Waals surface area contributed by atoms with Crippen LogP contribution < -0.4 is 5.73 Å². The van der Waals surface area contributed by atoms with E-state index in [-0.39, 0.29) is 11.1 Å². The number of pyridine rings is 1. The molecule has 0 fully saturated rings. The predicted octanol–water partition coefficient (Wildman–Crippen LogP) is 4.81. The van der Waals surface area contributed by atoms with Gasteiger partial charge in [-0.05, 0) is 42.1 Å². The normalized spacial score (nSPS) is 11.0. The van der Waals surface area contributed by atoms with Gasteiger partial charge in [0, 0.05) is 24.0 Å². The Morgan fingerprint density at radius 3 is 2.54 bits per heavy atom. The Bertz CT molecular complexity index is 1130. The lowest BCUT2D eigenvalue weighted by atomic mass is 10.2.